The maximum Gasteiger partial charge on any atom is 0.307 e. The number of carbonyl (C=O) groups excluding carboxylic acids is 2. The van der Waals surface area contributed by atoms with Gasteiger partial charge in [-0.2, -0.15) is 0 Å². The second kappa shape index (κ2) is 9.01. The number of amides is 1. The van der Waals surface area contributed by atoms with Gasteiger partial charge in [0.25, 0.3) is 5.91 Å². The minimum Gasteiger partial charge on any atom is -0.469 e. The number of carbonyl (C=O) groups is 2. The third-order valence-corrected chi connectivity index (χ3v) is 2.85. The molecule has 0 heterocycles. The van der Waals surface area contributed by atoms with Crippen LogP contribution in [0.4, 0.5) is 0 Å². The summed E-state index contributed by atoms with van der Waals surface area (Å²) in [6.45, 7) is 0.187. The molecular formula is C15H16ClNO4. The van der Waals surface area contributed by atoms with Gasteiger partial charge >= 0.3 is 5.97 Å². The van der Waals surface area contributed by atoms with Crippen LogP contribution in [0.15, 0.2) is 18.2 Å². The van der Waals surface area contributed by atoms with Gasteiger partial charge in [0.05, 0.1) is 25.2 Å². The first-order chi connectivity index (χ1) is 10.1. The van der Waals surface area contributed by atoms with E-state index in [4.69, 9.17) is 16.7 Å². The standard InChI is InChI=1S/C15H16ClNO4/c1-21-14(19)7-8-17-15(20)12-6-5-11(13(16)10-12)4-2-3-9-18/h5-6,10,18H,3,7-9H2,1H3,(H,17,20). The number of benzene rings is 1. The molecule has 1 amide bonds. The van der Waals surface area contributed by atoms with Crippen molar-refractivity contribution in [1.29, 1.82) is 0 Å². The van der Waals surface area contributed by atoms with Crippen molar-refractivity contribution in [3.05, 3.63) is 34.3 Å². The van der Waals surface area contributed by atoms with E-state index in [0.29, 0.717) is 22.6 Å². The van der Waals surface area contributed by atoms with Crippen molar-refractivity contribution in [1.82, 2.24) is 5.32 Å². The highest BCUT2D eigenvalue weighted by molar-refractivity contribution is 6.32. The Morgan fingerprint density at radius 1 is 1.43 bits per heavy atom. The number of methoxy groups -OCH3 is 1. The van der Waals surface area contributed by atoms with Crippen molar-refractivity contribution in [3.8, 4) is 11.8 Å². The van der Waals surface area contributed by atoms with Crippen LogP contribution in [0.1, 0.15) is 28.8 Å². The predicted molar refractivity (Wildman–Crippen MR) is 79.0 cm³/mol. The normalized spacial score (nSPS) is 9.48. The topological polar surface area (TPSA) is 75.6 Å². The Morgan fingerprint density at radius 2 is 2.19 bits per heavy atom. The van der Waals surface area contributed by atoms with E-state index in [0.717, 1.165) is 0 Å². The summed E-state index contributed by atoms with van der Waals surface area (Å²) in [5, 5.41) is 11.6. The lowest BCUT2D eigenvalue weighted by molar-refractivity contribution is -0.140. The van der Waals surface area contributed by atoms with Crippen LogP contribution in [0.5, 0.6) is 0 Å². The van der Waals surface area contributed by atoms with Crippen molar-refractivity contribution in [2.75, 3.05) is 20.3 Å². The summed E-state index contributed by atoms with van der Waals surface area (Å²) in [4.78, 5) is 22.8. The Labute approximate surface area is 128 Å². The molecule has 2 N–H and O–H groups in total. The first kappa shape index (κ1) is 17.0. The second-order valence-corrected chi connectivity index (χ2v) is 4.46. The molecule has 0 spiro atoms. The van der Waals surface area contributed by atoms with Crippen molar-refractivity contribution in [2.24, 2.45) is 0 Å². The van der Waals surface area contributed by atoms with E-state index in [1.807, 2.05) is 0 Å². The minimum atomic E-state index is -0.386. The molecule has 5 nitrogen and oxygen atoms in total. The third-order valence-electron chi connectivity index (χ3n) is 2.53. The van der Waals surface area contributed by atoms with Gasteiger partial charge < -0.3 is 15.2 Å². The molecule has 1 aromatic rings. The molecule has 112 valence electrons. The molecule has 1 aromatic carbocycles. The molecule has 0 atom stereocenters. The number of aliphatic hydroxyl groups excluding tert-OH is 1. The van der Waals surface area contributed by atoms with Crippen LogP contribution in [-0.2, 0) is 9.53 Å². The molecule has 0 saturated heterocycles. The zero-order valence-electron chi connectivity index (χ0n) is 11.6. The quantitative estimate of drug-likeness (QED) is 0.636. The van der Waals surface area contributed by atoms with Crippen LogP contribution in [0, 0.1) is 11.8 Å². The molecule has 0 unspecified atom stereocenters. The Hall–Kier alpha value is -2.03. The van der Waals surface area contributed by atoms with Crippen LogP contribution in [0.25, 0.3) is 0 Å². The van der Waals surface area contributed by atoms with E-state index in [2.05, 4.69) is 21.9 Å². The van der Waals surface area contributed by atoms with Gasteiger partial charge in [0.2, 0.25) is 0 Å². The summed E-state index contributed by atoms with van der Waals surface area (Å²) in [5.41, 5.74) is 0.980. The molecule has 0 radical (unpaired) electrons. The number of halogens is 1. The maximum absolute atomic E-state index is 11.8. The smallest absolute Gasteiger partial charge is 0.307 e. The fraction of sp³-hybridized carbons (Fsp3) is 0.333. The van der Waals surface area contributed by atoms with Crippen LogP contribution >= 0.6 is 11.6 Å². The molecule has 0 aromatic heterocycles. The fourth-order valence-corrected chi connectivity index (χ4v) is 1.68. The maximum atomic E-state index is 11.8. The van der Waals surface area contributed by atoms with E-state index in [1.165, 1.54) is 13.2 Å². The summed E-state index contributed by atoms with van der Waals surface area (Å²) < 4.78 is 4.47. The van der Waals surface area contributed by atoms with Crippen LogP contribution in [0.2, 0.25) is 5.02 Å². The number of esters is 1. The molecule has 0 fully saturated rings. The van der Waals surface area contributed by atoms with Crippen LogP contribution in [0.3, 0.4) is 0 Å². The Bertz CT molecular complexity index is 575. The fourth-order valence-electron chi connectivity index (χ4n) is 1.45. The SMILES string of the molecule is COC(=O)CCNC(=O)c1ccc(C#CCCO)c(Cl)c1. The molecule has 0 aliphatic rings. The Morgan fingerprint density at radius 3 is 2.81 bits per heavy atom. The average Bonchev–Trinajstić information content (AvgIpc) is 2.48. The van der Waals surface area contributed by atoms with Crippen molar-refractivity contribution < 1.29 is 19.4 Å². The Balaban J connectivity index is 2.64. The molecule has 0 aliphatic heterocycles. The van der Waals surface area contributed by atoms with Crippen molar-refractivity contribution in [3.63, 3.8) is 0 Å². The van der Waals surface area contributed by atoms with Gasteiger partial charge in [0, 0.05) is 24.1 Å². The van der Waals surface area contributed by atoms with Crippen molar-refractivity contribution >= 4 is 23.5 Å². The predicted octanol–water partition coefficient (Wildman–Crippen LogP) is 1.37. The van der Waals surface area contributed by atoms with Crippen LogP contribution < -0.4 is 5.32 Å². The van der Waals surface area contributed by atoms with E-state index in [-0.39, 0.29) is 31.4 Å². The first-order valence-electron chi connectivity index (χ1n) is 6.32. The number of ether oxygens (including phenoxy) is 1. The van der Waals surface area contributed by atoms with Gasteiger partial charge in [-0.15, -0.1) is 0 Å². The summed E-state index contributed by atoms with van der Waals surface area (Å²) >= 11 is 6.04. The van der Waals surface area contributed by atoms with E-state index >= 15 is 0 Å². The van der Waals surface area contributed by atoms with E-state index in [1.54, 1.807) is 12.1 Å². The van der Waals surface area contributed by atoms with Crippen LogP contribution in [-0.4, -0.2) is 37.2 Å². The highest BCUT2D eigenvalue weighted by Crippen LogP contribution is 2.17. The highest BCUT2D eigenvalue weighted by Gasteiger charge is 2.08. The number of aliphatic hydroxyl groups is 1. The summed E-state index contributed by atoms with van der Waals surface area (Å²) in [5.74, 6) is 4.86. The zero-order valence-corrected chi connectivity index (χ0v) is 12.4. The molecule has 21 heavy (non-hydrogen) atoms. The highest BCUT2D eigenvalue weighted by atomic mass is 35.5. The molecule has 0 bridgehead atoms. The summed E-state index contributed by atoms with van der Waals surface area (Å²) in [7, 11) is 1.29. The number of hydrogen-bond acceptors (Lipinski definition) is 4. The monoisotopic (exact) mass is 309 g/mol. The third kappa shape index (κ3) is 5.86. The summed E-state index contributed by atoms with van der Waals surface area (Å²) in [6.07, 6.45) is 0.479. The van der Waals surface area contributed by atoms with Gasteiger partial charge in [0.15, 0.2) is 0 Å². The lowest BCUT2D eigenvalue weighted by Gasteiger charge is -2.05. The van der Waals surface area contributed by atoms with E-state index in [9.17, 15) is 9.59 Å². The number of hydrogen-bond donors (Lipinski definition) is 2. The first-order valence-corrected chi connectivity index (χ1v) is 6.70. The van der Waals surface area contributed by atoms with E-state index < -0.39 is 0 Å². The Kier molecular flexibility index (Phi) is 7.30. The second-order valence-electron chi connectivity index (χ2n) is 4.05. The minimum absolute atomic E-state index is 0.00863. The largest absolute Gasteiger partial charge is 0.469 e. The lowest BCUT2D eigenvalue weighted by atomic mass is 10.1. The van der Waals surface area contributed by atoms with Gasteiger partial charge in [0.1, 0.15) is 0 Å². The average molecular weight is 310 g/mol. The molecule has 6 heteroatoms. The number of nitrogens with one attached hydrogen (secondary N) is 1. The van der Waals surface area contributed by atoms with Gasteiger partial charge in [-0.25, -0.2) is 0 Å². The van der Waals surface area contributed by atoms with Gasteiger partial charge in [-0.3, -0.25) is 9.59 Å². The molecular weight excluding hydrogens is 294 g/mol. The van der Waals surface area contributed by atoms with Crippen molar-refractivity contribution in [2.45, 2.75) is 12.8 Å². The van der Waals surface area contributed by atoms with Gasteiger partial charge in [-0.05, 0) is 18.2 Å². The molecule has 0 saturated carbocycles. The summed E-state index contributed by atoms with van der Waals surface area (Å²) in [6, 6.07) is 4.75. The lowest BCUT2D eigenvalue weighted by Crippen LogP contribution is -2.26. The van der Waals surface area contributed by atoms with Gasteiger partial charge in [-0.1, -0.05) is 23.4 Å². The number of rotatable bonds is 5. The molecule has 0 aliphatic carbocycles. The zero-order chi connectivity index (χ0) is 15.7. The molecule has 1 rings (SSSR count).